The predicted octanol–water partition coefficient (Wildman–Crippen LogP) is 4.23. The Morgan fingerprint density at radius 1 is 1.11 bits per heavy atom. The van der Waals surface area contributed by atoms with Crippen molar-refractivity contribution in [3.05, 3.63) is 52.2 Å². The lowest BCUT2D eigenvalue weighted by molar-refractivity contribution is -0.129. The van der Waals surface area contributed by atoms with Crippen LogP contribution in [0.4, 0.5) is 5.69 Å². The van der Waals surface area contributed by atoms with Gasteiger partial charge in [-0.15, -0.1) is 11.3 Å². The molecule has 28 heavy (non-hydrogen) atoms. The van der Waals surface area contributed by atoms with E-state index in [1.54, 1.807) is 0 Å². The summed E-state index contributed by atoms with van der Waals surface area (Å²) in [6.07, 6.45) is 5.19. The largest absolute Gasteiger partial charge is 0.371 e. The highest BCUT2D eigenvalue weighted by molar-refractivity contribution is 7.10. The van der Waals surface area contributed by atoms with Crippen LogP contribution in [0.1, 0.15) is 49.1 Å². The van der Waals surface area contributed by atoms with Crippen LogP contribution >= 0.6 is 11.3 Å². The number of hydrogen-bond acceptors (Lipinski definition) is 4. The number of rotatable bonds is 6. The minimum Gasteiger partial charge on any atom is -0.371 e. The summed E-state index contributed by atoms with van der Waals surface area (Å²) in [5.74, 6) is 0.275. The van der Waals surface area contributed by atoms with E-state index in [-0.39, 0.29) is 5.91 Å². The van der Waals surface area contributed by atoms with E-state index in [9.17, 15) is 4.79 Å². The molecular weight excluding hydrogens is 366 g/mol. The first-order valence-corrected chi connectivity index (χ1v) is 11.5. The fraction of sp³-hybridized carbons (Fsp3) is 0.522. The number of hydrogen-bond donors (Lipinski definition) is 1. The summed E-state index contributed by atoms with van der Waals surface area (Å²) in [6.45, 7) is 6.30. The van der Waals surface area contributed by atoms with E-state index >= 15 is 0 Å². The minimum absolute atomic E-state index is 0.275. The van der Waals surface area contributed by atoms with Crippen molar-refractivity contribution in [1.82, 2.24) is 10.2 Å². The molecule has 150 valence electrons. The van der Waals surface area contributed by atoms with Gasteiger partial charge >= 0.3 is 0 Å². The van der Waals surface area contributed by atoms with E-state index in [1.165, 1.54) is 23.4 Å². The second kappa shape index (κ2) is 9.10. The molecule has 0 radical (unpaired) electrons. The van der Waals surface area contributed by atoms with Gasteiger partial charge in [0.25, 0.3) is 0 Å². The third-order valence-electron chi connectivity index (χ3n) is 6.07. The van der Waals surface area contributed by atoms with Crippen molar-refractivity contribution in [3.8, 4) is 0 Å². The van der Waals surface area contributed by atoms with Gasteiger partial charge in [0.1, 0.15) is 0 Å². The molecule has 5 heteroatoms. The Labute approximate surface area is 172 Å². The Morgan fingerprint density at radius 3 is 2.46 bits per heavy atom. The van der Waals surface area contributed by atoms with Gasteiger partial charge < -0.3 is 15.1 Å². The fourth-order valence-corrected chi connectivity index (χ4v) is 5.10. The maximum Gasteiger partial charge on any atom is 0.226 e. The molecule has 2 aliphatic heterocycles. The molecule has 4 rings (SSSR count). The molecule has 1 unspecified atom stereocenters. The molecule has 1 aromatic carbocycles. The maximum atomic E-state index is 12.3. The van der Waals surface area contributed by atoms with Crippen molar-refractivity contribution in [2.24, 2.45) is 0 Å². The zero-order valence-electron chi connectivity index (χ0n) is 16.8. The molecule has 1 atom stereocenters. The summed E-state index contributed by atoms with van der Waals surface area (Å²) in [5.41, 5.74) is 2.41. The number of carbonyl (C=O) groups is 1. The van der Waals surface area contributed by atoms with E-state index in [0.29, 0.717) is 18.5 Å². The number of nitrogens with one attached hydrogen (secondary N) is 1. The highest BCUT2D eigenvalue weighted by Crippen LogP contribution is 2.24. The van der Waals surface area contributed by atoms with Crippen molar-refractivity contribution in [2.75, 3.05) is 31.1 Å². The topological polar surface area (TPSA) is 35.6 Å². The second-order valence-electron chi connectivity index (χ2n) is 8.10. The van der Waals surface area contributed by atoms with Crippen LogP contribution in [0.5, 0.6) is 0 Å². The van der Waals surface area contributed by atoms with Crippen LogP contribution in [0.25, 0.3) is 0 Å². The van der Waals surface area contributed by atoms with Gasteiger partial charge in [-0.2, -0.15) is 0 Å². The Balaban J connectivity index is 1.25. The SMILES string of the molecule is CC(NC1CCN(c2ccc(CC(=O)N3CCCC3)cc2)CC1)c1cccs1. The van der Waals surface area contributed by atoms with Crippen LogP contribution in [0.2, 0.25) is 0 Å². The molecule has 0 aliphatic carbocycles. The third kappa shape index (κ3) is 4.76. The number of benzene rings is 1. The molecule has 2 saturated heterocycles. The summed E-state index contributed by atoms with van der Waals surface area (Å²) in [6, 6.07) is 14.0. The van der Waals surface area contributed by atoms with Gasteiger partial charge in [-0.25, -0.2) is 0 Å². The van der Waals surface area contributed by atoms with Gasteiger partial charge in [-0.3, -0.25) is 4.79 Å². The minimum atomic E-state index is 0.275. The van der Waals surface area contributed by atoms with E-state index < -0.39 is 0 Å². The second-order valence-corrected chi connectivity index (χ2v) is 9.08. The first kappa shape index (κ1) is 19.5. The summed E-state index contributed by atoms with van der Waals surface area (Å²) in [7, 11) is 0. The molecule has 1 aromatic heterocycles. The summed E-state index contributed by atoms with van der Waals surface area (Å²) >= 11 is 1.83. The predicted molar refractivity (Wildman–Crippen MR) is 117 cm³/mol. The first-order chi connectivity index (χ1) is 13.7. The van der Waals surface area contributed by atoms with E-state index in [2.05, 4.69) is 58.9 Å². The lowest BCUT2D eigenvalue weighted by Gasteiger charge is -2.35. The average molecular weight is 398 g/mol. The third-order valence-corrected chi connectivity index (χ3v) is 7.12. The summed E-state index contributed by atoms with van der Waals surface area (Å²) in [4.78, 5) is 18.2. The fourth-order valence-electron chi connectivity index (χ4n) is 4.36. The summed E-state index contributed by atoms with van der Waals surface area (Å²) in [5, 5.41) is 5.94. The van der Waals surface area contributed by atoms with Crippen molar-refractivity contribution >= 4 is 22.9 Å². The molecule has 1 N–H and O–H groups in total. The van der Waals surface area contributed by atoms with Gasteiger partial charge in [0.05, 0.1) is 6.42 Å². The zero-order valence-corrected chi connectivity index (χ0v) is 17.6. The average Bonchev–Trinajstić information content (AvgIpc) is 3.43. The van der Waals surface area contributed by atoms with Crippen LogP contribution in [0, 0.1) is 0 Å². The molecule has 2 aliphatic rings. The van der Waals surface area contributed by atoms with Gasteiger partial charge in [-0.05, 0) is 61.7 Å². The smallest absolute Gasteiger partial charge is 0.226 e. The highest BCUT2D eigenvalue weighted by Gasteiger charge is 2.22. The van der Waals surface area contributed by atoms with Gasteiger partial charge in [0.15, 0.2) is 0 Å². The molecule has 0 saturated carbocycles. The van der Waals surface area contributed by atoms with Gasteiger partial charge in [0, 0.05) is 48.8 Å². The van der Waals surface area contributed by atoms with Crippen molar-refractivity contribution in [2.45, 2.75) is 51.1 Å². The van der Waals surface area contributed by atoms with E-state index in [4.69, 9.17) is 0 Å². The molecule has 1 amide bonds. The maximum absolute atomic E-state index is 12.3. The Kier molecular flexibility index (Phi) is 6.33. The van der Waals surface area contributed by atoms with E-state index in [1.807, 2.05) is 16.2 Å². The van der Waals surface area contributed by atoms with Gasteiger partial charge in [0.2, 0.25) is 5.91 Å². The Morgan fingerprint density at radius 2 is 1.82 bits per heavy atom. The first-order valence-electron chi connectivity index (χ1n) is 10.6. The lowest BCUT2D eigenvalue weighted by atomic mass is 10.0. The molecule has 3 heterocycles. The molecular formula is C23H31N3OS. The van der Waals surface area contributed by atoms with Crippen molar-refractivity contribution < 1.29 is 4.79 Å². The molecule has 0 spiro atoms. The van der Waals surface area contributed by atoms with Crippen LogP contribution in [0.15, 0.2) is 41.8 Å². The van der Waals surface area contributed by atoms with Crippen LogP contribution in [0.3, 0.4) is 0 Å². The van der Waals surface area contributed by atoms with Crippen LogP contribution in [-0.4, -0.2) is 43.0 Å². The molecule has 4 nitrogen and oxygen atoms in total. The molecule has 2 aromatic rings. The number of likely N-dealkylation sites (tertiary alicyclic amines) is 1. The number of nitrogens with zero attached hydrogens (tertiary/aromatic N) is 2. The highest BCUT2D eigenvalue weighted by atomic mass is 32.1. The van der Waals surface area contributed by atoms with Crippen molar-refractivity contribution in [3.63, 3.8) is 0 Å². The number of anilines is 1. The van der Waals surface area contributed by atoms with E-state index in [0.717, 1.165) is 44.6 Å². The quantitative estimate of drug-likeness (QED) is 0.792. The monoisotopic (exact) mass is 397 g/mol. The van der Waals surface area contributed by atoms with Gasteiger partial charge in [-0.1, -0.05) is 18.2 Å². The van der Waals surface area contributed by atoms with Crippen LogP contribution in [-0.2, 0) is 11.2 Å². The molecule has 2 fully saturated rings. The Hall–Kier alpha value is -1.85. The number of carbonyl (C=O) groups excluding carboxylic acids is 1. The number of piperidine rings is 1. The normalized spacial score (nSPS) is 19.2. The molecule has 0 bridgehead atoms. The standard InChI is InChI=1S/C23H31N3OS/c1-18(22-5-4-16-28-22)24-20-10-14-25(15-11-20)21-8-6-19(7-9-21)17-23(27)26-12-2-3-13-26/h4-9,16,18,20,24H,2-3,10-15,17H2,1H3. The zero-order chi connectivity index (χ0) is 19.3. The number of thiophene rings is 1. The lowest BCUT2D eigenvalue weighted by Crippen LogP contribution is -2.43. The summed E-state index contributed by atoms with van der Waals surface area (Å²) < 4.78 is 0. The van der Waals surface area contributed by atoms with Crippen LogP contribution < -0.4 is 10.2 Å². The van der Waals surface area contributed by atoms with Crippen molar-refractivity contribution in [1.29, 1.82) is 0 Å². The Bertz CT molecular complexity index is 745. The number of amides is 1.